The molecular weight excluding hydrogens is 483 g/mol. The molecule has 0 aliphatic carbocycles. The number of anilines is 1. The molecule has 2 N–H and O–H groups in total. The fourth-order valence-corrected chi connectivity index (χ4v) is 4.70. The van der Waals surface area contributed by atoms with Crippen LogP contribution in [-0.2, 0) is 6.18 Å². The number of alkyl halides is 3. The van der Waals surface area contributed by atoms with E-state index in [2.05, 4.69) is 20.5 Å². The molecule has 2 aromatic carbocycles. The molecule has 2 aromatic heterocycles. The van der Waals surface area contributed by atoms with E-state index in [0.717, 1.165) is 28.1 Å². The van der Waals surface area contributed by atoms with E-state index in [0.29, 0.717) is 43.5 Å². The lowest BCUT2D eigenvalue weighted by molar-refractivity contribution is -0.137. The van der Waals surface area contributed by atoms with Crippen LogP contribution in [0.2, 0.25) is 0 Å². The van der Waals surface area contributed by atoms with Gasteiger partial charge in [0, 0.05) is 36.6 Å². The third-order valence-electron chi connectivity index (χ3n) is 6.75. The monoisotopic (exact) mass is 507 g/mol. The second-order valence-corrected chi connectivity index (χ2v) is 9.17. The van der Waals surface area contributed by atoms with Gasteiger partial charge in [-0.15, -0.1) is 0 Å². The van der Waals surface area contributed by atoms with Crippen molar-refractivity contribution in [2.75, 3.05) is 18.4 Å². The molecular formula is C27H24F3N5O2. The molecule has 3 heterocycles. The van der Waals surface area contributed by atoms with Crippen molar-refractivity contribution in [3.63, 3.8) is 0 Å². The van der Waals surface area contributed by atoms with Crippen LogP contribution in [0.1, 0.15) is 56.3 Å². The number of pyridine rings is 1. The Morgan fingerprint density at radius 2 is 1.78 bits per heavy atom. The molecule has 10 heteroatoms. The number of rotatable bonds is 4. The average Bonchev–Trinajstić information content (AvgIpc) is 3.34. The number of amides is 2. The van der Waals surface area contributed by atoms with E-state index in [1.54, 1.807) is 4.90 Å². The van der Waals surface area contributed by atoms with Gasteiger partial charge in [-0.3, -0.25) is 19.7 Å². The third kappa shape index (κ3) is 5.04. The van der Waals surface area contributed by atoms with Crippen molar-refractivity contribution in [1.82, 2.24) is 20.1 Å². The lowest BCUT2D eigenvalue weighted by Crippen LogP contribution is -2.38. The molecule has 0 spiro atoms. The lowest BCUT2D eigenvalue weighted by Gasteiger charge is -2.32. The van der Waals surface area contributed by atoms with Gasteiger partial charge in [-0.25, -0.2) is 0 Å². The molecule has 7 nitrogen and oxygen atoms in total. The Hall–Kier alpha value is -4.21. The van der Waals surface area contributed by atoms with Gasteiger partial charge in [0.1, 0.15) is 5.69 Å². The van der Waals surface area contributed by atoms with Gasteiger partial charge >= 0.3 is 6.18 Å². The first-order chi connectivity index (χ1) is 17.7. The zero-order valence-electron chi connectivity index (χ0n) is 20.0. The number of para-hydroxylation sites is 1. The number of hydrogen-bond donors (Lipinski definition) is 2. The number of hydrogen-bond acceptors (Lipinski definition) is 4. The maximum Gasteiger partial charge on any atom is 0.417 e. The molecule has 0 radical (unpaired) electrons. The first kappa shape index (κ1) is 24.5. The summed E-state index contributed by atoms with van der Waals surface area (Å²) in [5.74, 6) is -0.527. The molecule has 37 heavy (non-hydrogen) atoms. The van der Waals surface area contributed by atoms with Crippen LogP contribution < -0.4 is 5.32 Å². The van der Waals surface area contributed by atoms with Crippen molar-refractivity contribution in [2.24, 2.45) is 0 Å². The van der Waals surface area contributed by atoms with Crippen LogP contribution in [0, 0.1) is 6.92 Å². The quantitative estimate of drug-likeness (QED) is 0.379. The molecule has 0 atom stereocenters. The fourth-order valence-electron chi connectivity index (χ4n) is 4.70. The predicted octanol–water partition coefficient (Wildman–Crippen LogP) is 5.56. The van der Waals surface area contributed by atoms with Crippen LogP contribution >= 0.6 is 0 Å². The third-order valence-corrected chi connectivity index (χ3v) is 6.75. The van der Waals surface area contributed by atoms with Crippen LogP contribution in [-0.4, -0.2) is 45.0 Å². The van der Waals surface area contributed by atoms with Crippen molar-refractivity contribution >= 4 is 28.4 Å². The highest BCUT2D eigenvalue weighted by atomic mass is 19.4. The van der Waals surface area contributed by atoms with Crippen molar-refractivity contribution in [3.8, 4) is 0 Å². The normalized spacial score (nSPS) is 14.6. The van der Waals surface area contributed by atoms with Crippen molar-refractivity contribution < 1.29 is 22.8 Å². The minimum Gasteiger partial charge on any atom is -0.339 e. The minimum atomic E-state index is -4.55. The van der Waals surface area contributed by atoms with Gasteiger partial charge in [0.25, 0.3) is 11.8 Å². The highest BCUT2D eigenvalue weighted by molar-refractivity contribution is 6.11. The standard InChI is InChI=1S/C27H24F3N5O2/c1-16-3-2-4-22-23(16)33-34-24(22)25(36)32-21-7-5-17(6-8-21)18-9-11-35(12-10-18)26(37)19-13-20(15-31-14-19)27(28,29)30/h2-8,13-15,18H,9-12H2,1H3,(H,32,36)(H,33,34). The molecule has 1 fully saturated rings. The Bertz CT molecular complexity index is 1460. The predicted molar refractivity (Wildman–Crippen MR) is 132 cm³/mol. The number of piperidine rings is 1. The number of aromatic amines is 1. The molecule has 0 saturated carbocycles. The molecule has 4 aromatic rings. The maximum atomic E-state index is 13.0. The van der Waals surface area contributed by atoms with E-state index in [4.69, 9.17) is 0 Å². The van der Waals surface area contributed by atoms with E-state index in [-0.39, 0.29) is 17.4 Å². The molecule has 5 rings (SSSR count). The van der Waals surface area contributed by atoms with Crippen molar-refractivity contribution in [1.29, 1.82) is 0 Å². The molecule has 190 valence electrons. The van der Waals surface area contributed by atoms with Crippen LogP contribution in [0.25, 0.3) is 10.9 Å². The smallest absolute Gasteiger partial charge is 0.339 e. The SMILES string of the molecule is Cc1cccc2c(C(=O)Nc3ccc(C4CCN(C(=O)c5cncc(C(F)(F)F)c5)CC4)cc3)[nH]nc12. The number of carbonyl (C=O) groups excluding carboxylic acids is 2. The summed E-state index contributed by atoms with van der Waals surface area (Å²) < 4.78 is 38.9. The summed E-state index contributed by atoms with van der Waals surface area (Å²) in [5, 5.41) is 10.7. The number of nitrogens with one attached hydrogen (secondary N) is 2. The van der Waals surface area contributed by atoms with Gasteiger partial charge < -0.3 is 10.2 Å². The molecule has 1 aliphatic heterocycles. The number of aryl methyl sites for hydroxylation is 1. The molecule has 1 saturated heterocycles. The maximum absolute atomic E-state index is 13.0. The molecule has 0 unspecified atom stereocenters. The van der Waals surface area contributed by atoms with Gasteiger partial charge in [-0.05, 0) is 55.0 Å². The lowest BCUT2D eigenvalue weighted by atomic mass is 9.89. The number of carbonyl (C=O) groups is 2. The fraction of sp³-hybridized carbons (Fsp3) is 0.259. The summed E-state index contributed by atoms with van der Waals surface area (Å²) in [5.41, 5.74) is 2.87. The van der Waals surface area contributed by atoms with Gasteiger partial charge in [-0.1, -0.05) is 30.3 Å². The van der Waals surface area contributed by atoms with E-state index < -0.39 is 17.6 Å². The first-order valence-corrected chi connectivity index (χ1v) is 11.9. The molecule has 1 aliphatic rings. The summed E-state index contributed by atoms with van der Waals surface area (Å²) in [6.45, 7) is 2.81. The highest BCUT2D eigenvalue weighted by Crippen LogP contribution is 2.31. The minimum absolute atomic E-state index is 0.0615. The van der Waals surface area contributed by atoms with Crippen LogP contribution in [0.15, 0.2) is 60.9 Å². The highest BCUT2D eigenvalue weighted by Gasteiger charge is 2.32. The Morgan fingerprint density at radius 1 is 1.05 bits per heavy atom. The number of fused-ring (bicyclic) bond motifs is 1. The summed E-state index contributed by atoms with van der Waals surface area (Å²) >= 11 is 0. The Kier molecular flexibility index (Phi) is 6.41. The average molecular weight is 508 g/mol. The number of nitrogens with zero attached hydrogens (tertiary/aromatic N) is 3. The zero-order valence-corrected chi connectivity index (χ0v) is 20.0. The number of likely N-dealkylation sites (tertiary alicyclic amines) is 1. The van der Waals surface area contributed by atoms with Crippen LogP contribution in [0.5, 0.6) is 0 Å². The second-order valence-electron chi connectivity index (χ2n) is 9.17. The van der Waals surface area contributed by atoms with Gasteiger partial charge in [0.15, 0.2) is 0 Å². The van der Waals surface area contributed by atoms with Crippen LogP contribution in [0.4, 0.5) is 18.9 Å². The number of aromatic nitrogens is 3. The number of H-pyrrole nitrogens is 1. The van der Waals surface area contributed by atoms with Gasteiger partial charge in [0.2, 0.25) is 0 Å². The van der Waals surface area contributed by atoms with Crippen LogP contribution in [0.3, 0.4) is 0 Å². The summed E-state index contributed by atoms with van der Waals surface area (Å²) in [6.07, 6.45) is -1.29. The van der Waals surface area contributed by atoms with Gasteiger partial charge in [-0.2, -0.15) is 18.3 Å². The van der Waals surface area contributed by atoms with Crippen molar-refractivity contribution in [2.45, 2.75) is 31.9 Å². The number of halogens is 3. The Morgan fingerprint density at radius 3 is 2.49 bits per heavy atom. The van der Waals surface area contributed by atoms with E-state index in [1.807, 2.05) is 49.4 Å². The Balaban J connectivity index is 1.20. The van der Waals surface area contributed by atoms with Crippen molar-refractivity contribution in [3.05, 3.63) is 88.9 Å². The van der Waals surface area contributed by atoms with Gasteiger partial charge in [0.05, 0.1) is 16.6 Å². The van der Waals surface area contributed by atoms with E-state index in [1.165, 1.54) is 6.20 Å². The number of benzene rings is 2. The zero-order chi connectivity index (χ0) is 26.2. The first-order valence-electron chi connectivity index (χ1n) is 11.9. The largest absolute Gasteiger partial charge is 0.417 e. The van der Waals surface area contributed by atoms with E-state index in [9.17, 15) is 22.8 Å². The molecule has 0 bridgehead atoms. The summed E-state index contributed by atoms with van der Waals surface area (Å²) in [4.78, 5) is 30.7. The summed E-state index contributed by atoms with van der Waals surface area (Å²) in [6, 6.07) is 14.1. The topological polar surface area (TPSA) is 91.0 Å². The second kappa shape index (κ2) is 9.68. The molecule has 2 amide bonds. The van der Waals surface area contributed by atoms with E-state index >= 15 is 0 Å². The Labute approximate surface area is 210 Å². The summed E-state index contributed by atoms with van der Waals surface area (Å²) in [7, 11) is 0.